The molecule has 2 aliphatic rings. The molecule has 2 aliphatic carbocycles. The number of rotatable bonds is 5. The van der Waals surface area contributed by atoms with E-state index < -0.39 is 0 Å². The molecular formula is C46H44N4O4. The lowest BCUT2D eigenvalue weighted by Crippen LogP contribution is -2.14. The second kappa shape index (κ2) is 18.5. The Bertz CT molecular complexity index is 2410. The van der Waals surface area contributed by atoms with Crippen molar-refractivity contribution in [3.63, 3.8) is 0 Å². The minimum Gasteiger partial charge on any atom is -0.340 e. The highest BCUT2D eigenvalue weighted by Crippen LogP contribution is 2.41. The maximum absolute atomic E-state index is 9.22. The molecule has 0 aliphatic heterocycles. The summed E-state index contributed by atoms with van der Waals surface area (Å²) in [7, 11) is 0. The smallest absolute Gasteiger partial charge is 0.340 e. The number of para-hydroxylation sites is 2. The fraction of sp³-hybridized carbons (Fsp3) is 0.304. The zero-order chi connectivity index (χ0) is 38.6. The van der Waals surface area contributed by atoms with Crippen LogP contribution >= 0.6 is 0 Å². The molecule has 1 unspecified atom stereocenters. The van der Waals surface area contributed by atoms with Crippen molar-refractivity contribution < 1.29 is 19.2 Å². The normalized spacial score (nSPS) is 13.8. The van der Waals surface area contributed by atoms with Gasteiger partial charge >= 0.3 is 12.3 Å². The van der Waals surface area contributed by atoms with Gasteiger partial charge in [0.2, 0.25) is 0 Å². The van der Waals surface area contributed by atoms with Crippen molar-refractivity contribution in [1.29, 1.82) is 10.5 Å². The molecular weight excluding hydrogens is 673 g/mol. The summed E-state index contributed by atoms with van der Waals surface area (Å²) < 4.78 is 5.04. The SMILES string of the molecule is CCC1CCCc2c1n(Cc1cccc(C#N)c1)c1c(C)cccc21.Cc1cccc2c3c(n(Cc4cccc(C#N)c4)c12)CCCC3.O=C=O.O=C=O. The van der Waals surface area contributed by atoms with E-state index >= 15 is 0 Å². The Labute approximate surface area is 316 Å². The Hall–Kier alpha value is -6.30. The summed E-state index contributed by atoms with van der Waals surface area (Å²) in [6.45, 7) is 8.44. The minimum atomic E-state index is 0.250. The lowest BCUT2D eigenvalue weighted by Gasteiger charge is -2.25. The number of carbonyl (C=O) groups excluding carboxylic acids is 4. The fourth-order valence-electron chi connectivity index (χ4n) is 8.53. The second-order valence-corrected chi connectivity index (χ2v) is 13.9. The Morgan fingerprint density at radius 2 is 1.11 bits per heavy atom. The van der Waals surface area contributed by atoms with Gasteiger partial charge in [-0.3, -0.25) is 0 Å². The molecule has 8 heteroatoms. The first-order valence-electron chi connectivity index (χ1n) is 18.5. The van der Waals surface area contributed by atoms with Crippen molar-refractivity contribution in [1.82, 2.24) is 9.13 Å². The first-order chi connectivity index (χ1) is 26.3. The molecule has 0 amide bonds. The van der Waals surface area contributed by atoms with E-state index in [1.54, 1.807) is 16.8 Å². The maximum atomic E-state index is 9.22. The predicted octanol–water partition coefficient (Wildman–Crippen LogP) is 9.28. The Balaban J connectivity index is 0.000000182. The molecule has 6 aromatic rings. The number of hydrogen-bond donors (Lipinski definition) is 0. The largest absolute Gasteiger partial charge is 0.373 e. The van der Waals surface area contributed by atoms with Gasteiger partial charge in [-0.2, -0.15) is 29.7 Å². The standard InChI is InChI=1S/C23H24N2.C21H20N2.2CO2/c1-3-19-10-6-12-21-20-11-4-7-16(2)22(20)25(23(19)21)15-18-9-5-8-17(13-18)14-24;1-15-6-4-10-19-18-9-2-3-11-20(18)23(21(15)19)14-17-8-5-7-16(12-17)13-22;2*2-1-3/h4-5,7-9,11,13,19H,3,6,10,12,15H2,1-2H3;4-8,10,12H,2-3,9,11,14H2,1H3;;. The van der Waals surface area contributed by atoms with Gasteiger partial charge in [0, 0.05) is 35.2 Å². The average molecular weight is 717 g/mol. The molecule has 8 nitrogen and oxygen atoms in total. The zero-order valence-corrected chi connectivity index (χ0v) is 31.2. The number of aryl methyl sites for hydroxylation is 4. The van der Waals surface area contributed by atoms with Crippen LogP contribution in [-0.2, 0) is 51.5 Å². The van der Waals surface area contributed by atoms with Crippen LogP contribution in [0.3, 0.4) is 0 Å². The number of nitrogens with zero attached hydrogens (tertiary/aromatic N) is 4. The van der Waals surface area contributed by atoms with Crippen molar-refractivity contribution >= 4 is 34.1 Å². The zero-order valence-electron chi connectivity index (χ0n) is 31.2. The summed E-state index contributed by atoms with van der Waals surface area (Å²) in [4.78, 5) is 32.5. The molecule has 54 heavy (non-hydrogen) atoms. The lowest BCUT2D eigenvalue weighted by atomic mass is 9.85. The molecule has 1 atom stereocenters. The summed E-state index contributed by atoms with van der Waals surface area (Å²) in [5.41, 5.74) is 15.5. The predicted molar refractivity (Wildman–Crippen MR) is 206 cm³/mol. The number of fused-ring (bicyclic) bond motifs is 6. The molecule has 272 valence electrons. The van der Waals surface area contributed by atoms with E-state index in [0.29, 0.717) is 5.92 Å². The minimum absolute atomic E-state index is 0.250. The molecule has 4 aromatic carbocycles. The first kappa shape index (κ1) is 38.9. The van der Waals surface area contributed by atoms with Gasteiger partial charge in [0.05, 0.1) is 34.3 Å². The quantitative estimate of drug-likeness (QED) is 0.175. The van der Waals surface area contributed by atoms with E-state index in [2.05, 4.69) is 90.6 Å². The van der Waals surface area contributed by atoms with E-state index in [9.17, 15) is 5.26 Å². The Morgan fingerprint density at radius 1 is 0.630 bits per heavy atom. The molecule has 0 bridgehead atoms. The van der Waals surface area contributed by atoms with Gasteiger partial charge in [0.1, 0.15) is 0 Å². The van der Waals surface area contributed by atoms with Crippen molar-refractivity contribution in [2.24, 2.45) is 0 Å². The molecule has 0 fully saturated rings. The van der Waals surface area contributed by atoms with Gasteiger partial charge in [-0.15, -0.1) is 0 Å². The number of aromatic nitrogens is 2. The summed E-state index contributed by atoms with van der Waals surface area (Å²) in [5, 5.41) is 21.2. The van der Waals surface area contributed by atoms with Crippen molar-refractivity contribution in [2.45, 2.75) is 91.1 Å². The third-order valence-electron chi connectivity index (χ3n) is 10.7. The molecule has 2 aromatic heterocycles. The number of nitriles is 2. The van der Waals surface area contributed by atoms with Gasteiger partial charge in [-0.05, 0) is 129 Å². The number of hydrogen-bond acceptors (Lipinski definition) is 6. The fourth-order valence-corrected chi connectivity index (χ4v) is 8.53. The molecule has 2 heterocycles. The summed E-state index contributed by atoms with van der Waals surface area (Å²) in [6.07, 6.45) is 10.4. The molecule has 8 rings (SSSR count). The van der Waals surface area contributed by atoms with Crippen LogP contribution in [0.2, 0.25) is 0 Å². The van der Waals surface area contributed by atoms with Crippen LogP contribution < -0.4 is 0 Å². The topological polar surface area (TPSA) is 126 Å². The summed E-state index contributed by atoms with van der Waals surface area (Å²) in [5.74, 6) is 0.648. The third-order valence-corrected chi connectivity index (χ3v) is 10.7. The van der Waals surface area contributed by atoms with Crippen LogP contribution in [0.25, 0.3) is 21.8 Å². The van der Waals surface area contributed by atoms with E-state index in [0.717, 1.165) is 24.2 Å². The van der Waals surface area contributed by atoms with Crippen LogP contribution in [0.15, 0.2) is 84.9 Å². The van der Waals surface area contributed by atoms with Crippen molar-refractivity contribution in [3.05, 3.63) is 141 Å². The molecule has 0 radical (unpaired) electrons. The average Bonchev–Trinajstić information content (AvgIpc) is 3.69. The Morgan fingerprint density at radius 3 is 1.67 bits per heavy atom. The first-order valence-corrected chi connectivity index (χ1v) is 18.5. The Kier molecular flexibility index (Phi) is 13.3. The summed E-state index contributed by atoms with van der Waals surface area (Å²) in [6, 6.07) is 33.9. The highest BCUT2D eigenvalue weighted by atomic mass is 16.2. The van der Waals surface area contributed by atoms with E-state index in [1.807, 2.05) is 36.4 Å². The molecule has 0 saturated heterocycles. The number of benzene rings is 4. The van der Waals surface area contributed by atoms with Gasteiger partial charge in [-0.1, -0.05) is 67.6 Å². The second-order valence-electron chi connectivity index (χ2n) is 13.9. The molecule has 0 saturated carbocycles. The van der Waals surface area contributed by atoms with Gasteiger partial charge in [-0.25, -0.2) is 0 Å². The summed E-state index contributed by atoms with van der Waals surface area (Å²) >= 11 is 0. The lowest BCUT2D eigenvalue weighted by molar-refractivity contribution is -0.193. The third kappa shape index (κ3) is 8.33. The monoisotopic (exact) mass is 716 g/mol. The van der Waals surface area contributed by atoms with Crippen molar-refractivity contribution in [3.8, 4) is 12.1 Å². The maximum Gasteiger partial charge on any atom is 0.373 e. The van der Waals surface area contributed by atoms with Crippen LogP contribution in [0.1, 0.15) is 101 Å². The van der Waals surface area contributed by atoms with E-state index in [1.165, 1.54) is 101 Å². The van der Waals surface area contributed by atoms with E-state index in [-0.39, 0.29) is 12.3 Å². The van der Waals surface area contributed by atoms with Gasteiger partial charge < -0.3 is 9.13 Å². The van der Waals surface area contributed by atoms with Crippen LogP contribution in [0.5, 0.6) is 0 Å². The van der Waals surface area contributed by atoms with Gasteiger partial charge in [0.15, 0.2) is 0 Å². The van der Waals surface area contributed by atoms with Crippen molar-refractivity contribution in [2.75, 3.05) is 0 Å². The van der Waals surface area contributed by atoms with E-state index in [4.69, 9.17) is 24.4 Å². The van der Waals surface area contributed by atoms with Gasteiger partial charge in [0.25, 0.3) is 0 Å². The van der Waals surface area contributed by atoms with Crippen LogP contribution in [0, 0.1) is 36.5 Å². The highest BCUT2D eigenvalue weighted by molar-refractivity contribution is 5.89. The highest BCUT2D eigenvalue weighted by Gasteiger charge is 2.27. The van der Waals surface area contributed by atoms with Crippen LogP contribution in [0.4, 0.5) is 0 Å². The molecule has 0 N–H and O–H groups in total. The van der Waals surface area contributed by atoms with Crippen LogP contribution in [-0.4, -0.2) is 21.4 Å². The molecule has 0 spiro atoms.